The van der Waals surface area contributed by atoms with E-state index in [1.165, 1.54) is 6.34 Å². The van der Waals surface area contributed by atoms with Crippen molar-refractivity contribution in [3.63, 3.8) is 0 Å². The van der Waals surface area contributed by atoms with Gasteiger partial charge in [0.1, 0.15) is 18.7 Å². The van der Waals surface area contributed by atoms with Gasteiger partial charge in [-0.2, -0.15) is 0 Å². The molecule has 0 unspecified atom stereocenters. The molecule has 1 fully saturated rings. The number of carbonyl (C=O) groups is 1. The molecule has 2 N–H and O–H groups in total. The van der Waals surface area contributed by atoms with Crippen molar-refractivity contribution in [1.82, 2.24) is 14.8 Å². The quantitative estimate of drug-likeness (QED) is 0.215. The summed E-state index contributed by atoms with van der Waals surface area (Å²) in [6.07, 6.45) is 3.19. The van der Waals surface area contributed by atoms with Gasteiger partial charge < -0.3 is 20.4 Å². The van der Waals surface area contributed by atoms with Gasteiger partial charge in [0.25, 0.3) is 0 Å². The van der Waals surface area contributed by atoms with E-state index in [-0.39, 0.29) is 6.03 Å². The number of benzene rings is 1. The predicted octanol–water partition coefficient (Wildman–Crippen LogP) is 4.35. The van der Waals surface area contributed by atoms with Crippen molar-refractivity contribution in [2.45, 2.75) is 39.2 Å². The van der Waals surface area contributed by atoms with E-state index < -0.39 is 0 Å². The molecule has 3 rings (SSSR count). The van der Waals surface area contributed by atoms with Gasteiger partial charge in [-0.3, -0.25) is 0 Å². The van der Waals surface area contributed by atoms with Crippen LogP contribution in [0.5, 0.6) is 5.75 Å². The first kappa shape index (κ1) is 22.7. The third-order valence-electron chi connectivity index (χ3n) is 5.27. The molecule has 0 aliphatic carbocycles. The molecule has 1 aromatic carbocycles. The number of amides is 2. The number of hydrogen-bond donors (Lipinski definition) is 1. The molecule has 10 heteroatoms. The van der Waals surface area contributed by atoms with E-state index in [0.29, 0.717) is 12.5 Å². The van der Waals surface area contributed by atoms with E-state index in [1.807, 2.05) is 47.9 Å². The second kappa shape index (κ2) is 11.4. The first-order chi connectivity index (χ1) is 15.1. The zero-order valence-electron chi connectivity index (χ0n) is 18.0. The molecule has 2 aromatic rings. The topological polar surface area (TPSA) is 109 Å². The van der Waals surface area contributed by atoms with E-state index in [1.54, 1.807) is 11.3 Å². The first-order valence-electron chi connectivity index (χ1n) is 10.5. The number of hydrogen-bond acceptors (Lipinski definition) is 6. The Balaban J connectivity index is 1.48. The molecule has 1 aromatic heterocycles. The maximum absolute atomic E-state index is 12.5. The van der Waals surface area contributed by atoms with Gasteiger partial charge in [0, 0.05) is 37.5 Å². The number of ether oxygens (including phenoxy) is 1. The van der Waals surface area contributed by atoms with Gasteiger partial charge in [0.15, 0.2) is 0 Å². The average molecular weight is 444 g/mol. The normalized spacial score (nSPS) is 15.1. The number of likely N-dealkylation sites (tertiary alicyclic amines) is 1. The van der Waals surface area contributed by atoms with Crippen molar-refractivity contribution in [3.8, 4) is 5.75 Å². The molecule has 0 spiro atoms. The number of rotatable bonds is 8. The number of carbonyl (C=O) groups excluding carboxylic acids is 1. The van der Waals surface area contributed by atoms with Crippen LogP contribution in [-0.2, 0) is 6.61 Å². The van der Waals surface area contributed by atoms with E-state index >= 15 is 0 Å². The smallest absolute Gasteiger partial charge is 0.319 e. The minimum Gasteiger partial charge on any atom is -0.487 e. The lowest BCUT2D eigenvalue weighted by Gasteiger charge is -2.34. The van der Waals surface area contributed by atoms with Crippen molar-refractivity contribution < 1.29 is 9.53 Å². The van der Waals surface area contributed by atoms with Gasteiger partial charge in [-0.1, -0.05) is 5.22 Å². The first-order valence-corrected chi connectivity index (χ1v) is 11.4. The summed E-state index contributed by atoms with van der Waals surface area (Å²) < 4.78 is 5.84. The highest BCUT2D eigenvalue weighted by molar-refractivity contribution is 7.09. The van der Waals surface area contributed by atoms with Gasteiger partial charge in [-0.15, -0.1) is 16.5 Å². The van der Waals surface area contributed by atoms with Crippen molar-refractivity contribution in [1.29, 1.82) is 0 Å². The van der Waals surface area contributed by atoms with Crippen LogP contribution < -0.4 is 10.6 Å². The molecule has 0 saturated carbocycles. The number of nitrogens with zero attached hydrogens (tertiary/aromatic N) is 6. The maximum atomic E-state index is 12.5. The summed E-state index contributed by atoms with van der Waals surface area (Å²) in [5.41, 5.74) is 1.66. The molecule has 2 heterocycles. The molecule has 9 nitrogen and oxygen atoms in total. The fourth-order valence-electron chi connectivity index (χ4n) is 3.50. The number of aromatic nitrogens is 1. The van der Waals surface area contributed by atoms with Crippen LogP contribution in [0.4, 0.5) is 10.5 Å². The molecular formula is C21H29N7O2S. The highest BCUT2D eigenvalue weighted by Crippen LogP contribution is 2.31. The lowest BCUT2D eigenvalue weighted by Crippen LogP contribution is -2.46. The minimum atomic E-state index is 0.150. The highest BCUT2D eigenvalue weighted by Gasteiger charge is 2.27. The summed E-state index contributed by atoms with van der Waals surface area (Å²) in [4.78, 5) is 25.2. The van der Waals surface area contributed by atoms with Crippen LogP contribution in [0.2, 0.25) is 0 Å². The second-order valence-electron chi connectivity index (χ2n) is 7.15. The van der Waals surface area contributed by atoms with Gasteiger partial charge in [0.05, 0.1) is 16.4 Å². The Morgan fingerprint density at radius 2 is 2.00 bits per heavy atom. The number of nitrogens with two attached hydrogens (primary N) is 1. The van der Waals surface area contributed by atoms with Crippen LogP contribution in [-0.4, -0.2) is 53.3 Å². The SMILES string of the molecule is CCN(CC)C(=O)N1CCC(c2nc(COc3ccc(N=CN=NN)cc3)cs2)CC1. The average Bonchev–Trinajstić information content (AvgIpc) is 3.29. The zero-order chi connectivity index (χ0) is 22.1. The zero-order valence-corrected chi connectivity index (χ0v) is 18.8. The lowest BCUT2D eigenvalue weighted by atomic mass is 9.98. The molecule has 1 aliphatic heterocycles. The maximum Gasteiger partial charge on any atom is 0.319 e. The Bertz CT molecular complexity index is 885. The van der Waals surface area contributed by atoms with Gasteiger partial charge in [-0.05, 0) is 51.0 Å². The lowest BCUT2D eigenvalue weighted by molar-refractivity contribution is 0.144. The molecule has 0 atom stereocenters. The summed E-state index contributed by atoms with van der Waals surface area (Å²) >= 11 is 1.68. The van der Waals surface area contributed by atoms with Gasteiger partial charge in [-0.25, -0.2) is 14.8 Å². The monoisotopic (exact) mass is 443 g/mol. The van der Waals surface area contributed by atoms with E-state index in [9.17, 15) is 4.79 Å². The van der Waals surface area contributed by atoms with Crippen molar-refractivity contribution in [2.24, 2.45) is 21.2 Å². The van der Waals surface area contributed by atoms with Crippen molar-refractivity contribution in [3.05, 3.63) is 40.3 Å². The minimum absolute atomic E-state index is 0.150. The van der Waals surface area contributed by atoms with Gasteiger partial charge >= 0.3 is 6.03 Å². The second-order valence-corrected chi connectivity index (χ2v) is 8.04. The Morgan fingerprint density at radius 3 is 2.65 bits per heavy atom. The summed E-state index contributed by atoms with van der Waals surface area (Å²) in [5, 5.41) is 9.79. The third-order valence-corrected chi connectivity index (χ3v) is 6.32. The van der Waals surface area contributed by atoms with E-state index in [4.69, 9.17) is 15.6 Å². The Hall–Kier alpha value is -3.01. The third kappa shape index (κ3) is 6.24. The molecule has 31 heavy (non-hydrogen) atoms. The molecule has 2 amide bonds. The highest BCUT2D eigenvalue weighted by atomic mass is 32.1. The Labute approximate surface area is 186 Å². The molecular weight excluding hydrogens is 414 g/mol. The predicted molar refractivity (Wildman–Crippen MR) is 122 cm³/mol. The number of aliphatic imine (C=N–C) groups is 1. The van der Waals surface area contributed by atoms with Crippen LogP contribution in [0, 0.1) is 0 Å². The van der Waals surface area contributed by atoms with Crippen LogP contribution in [0.25, 0.3) is 0 Å². The van der Waals surface area contributed by atoms with Crippen LogP contribution >= 0.6 is 11.3 Å². The summed E-state index contributed by atoms with van der Waals surface area (Å²) in [6, 6.07) is 7.51. The van der Waals surface area contributed by atoms with Crippen molar-refractivity contribution in [2.75, 3.05) is 26.2 Å². The fourth-order valence-corrected chi connectivity index (χ4v) is 4.47. The summed E-state index contributed by atoms with van der Waals surface area (Å²) in [7, 11) is 0. The van der Waals surface area contributed by atoms with Crippen LogP contribution in [0.3, 0.4) is 0 Å². The van der Waals surface area contributed by atoms with E-state index in [0.717, 1.165) is 61.2 Å². The standard InChI is InChI=1S/C21H29N7O2S/c1-3-27(4-2)21(29)28-11-9-16(10-12-28)20-25-18(14-31-20)13-30-19-7-5-17(6-8-19)23-15-24-26-22/h5-8,14-16H,3-4,9-13H2,1-2H3,(H2,22,23,24). The molecule has 0 bridgehead atoms. The summed E-state index contributed by atoms with van der Waals surface area (Å²) in [5.74, 6) is 6.08. The molecule has 0 radical (unpaired) electrons. The number of piperidine rings is 1. The number of urea groups is 1. The van der Waals surface area contributed by atoms with E-state index in [2.05, 4.69) is 20.7 Å². The molecule has 1 saturated heterocycles. The largest absolute Gasteiger partial charge is 0.487 e. The number of thiazole rings is 1. The fraction of sp³-hybridized carbons (Fsp3) is 0.476. The van der Waals surface area contributed by atoms with Crippen molar-refractivity contribution >= 4 is 29.4 Å². The summed E-state index contributed by atoms with van der Waals surface area (Å²) in [6.45, 7) is 7.53. The Kier molecular flexibility index (Phi) is 8.34. The Morgan fingerprint density at radius 1 is 1.29 bits per heavy atom. The molecule has 1 aliphatic rings. The molecule has 166 valence electrons. The van der Waals surface area contributed by atoms with Crippen LogP contribution in [0.15, 0.2) is 45.0 Å². The van der Waals surface area contributed by atoms with Gasteiger partial charge in [0.2, 0.25) is 0 Å². The van der Waals surface area contributed by atoms with Crippen LogP contribution in [0.1, 0.15) is 43.3 Å².